The fraction of sp³-hybridized carbons (Fsp3) is 0. The van der Waals surface area contributed by atoms with Gasteiger partial charge in [-0.25, -0.2) is 4.39 Å². The van der Waals surface area contributed by atoms with E-state index in [2.05, 4.69) is 0 Å². The molecule has 4 heteroatoms. The molecular formula is C11H7FO2S. The number of benzene rings is 1. The van der Waals surface area contributed by atoms with Gasteiger partial charge in [0.2, 0.25) is 0 Å². The Morgan fingerprint density at radius 3 is 2.87 bits per heavy atom. The Labute approximate surface area is 89.6 Å². The van der Waals surface area contributed by atoms with Crippen molar-refractivity contribution >= 4 is 17.6 Å². The van der Waals surface area contributed by atoms with Crippen LogP contribution in [0.3, 0.4) is 0 Å². The Kier molecular flexibility index (Phi) is 2.51. The number of hydrogen-bond acceptors (Lipinski definition) is 3. The first kappa shape index (κ1) is 9.86. The molecule has 1 heterocycles. The largest absolute Gasteiger partial charge is 0.505 e. The van der Waals surface area contributed by atoms with Gasteiger partial charge in [0.25, 0.3) is 0 Å². The maximum Gasteiger partial charge on any atom is 0.172 e. The van der Waals surface area contributed by atoms with Crippen LogP contribution < -0.4 is 0 Å². The van der Waals surface area contributed by atoms with Gasteiger partial charge in [0.15, 0.2) is 17.9 Å². The monoisotopic (exact) mass is 222 g/mol. The Morgan fingerprint density at radius 1 is 1.40 bits per heavy atom. The van der Waals surface area contributed by atoms with Crippen molar-refractivity contribution in [1.29, 1.82) is 0 Å². The van der Waals surface area contributed by atoms with Crippen LogP contribution in [0.25, 0.3) is 11.1 Å². The number of rotatable bonds is 2. The average Bonchev–Trinajstić information content (AvgIpc) is 2.70. The van der Waals surface area contributed by atoms with Crippen molar-refractivity contribution in [1.82, 2.24) is 0 Å². The van der Waals surface area contributed by atoms with E-state index < -0.39 is 5.82 Å². The third kappa shape index (κ3) is 1.76. The predicted molar refractivity (Wildman–Crippen MR) is 56.8 cm³/mol. The summed E-state index contributed by atoms with van der Waals surface area (Å²) in [5.41, 5.74) is 0.912. The van der Waals surface area contributed by atoms with Crippen molar-refractivity contribution in [2.75, 3.05) is 0 Å². The Bertz CT molecular complexity index is 505. The zero-order chi connectivity index (χ0) is 10.8. The molecule has 0 spiro atoms. The molecular weight excluding hydrogens is 215 g/mol. The second-order valence-corrected chi connectivity index (χ2v) is 3.94. The molecule has 1 aromatic carbocycles. The lowest BCUT2D eigenvalue weighted by Crippen LogP contribution is -1.82. The number of phenolic OH excluding ortho intramolecular Hbond substituents is 1. The lowest BCUT2D eigenvalue weighted by molar-refractivity contribution is 0.112. The maximum atomic E-state index is 13.5. The lowest BCUT2D eigenvalue weighted by atomic mass is 10.1. The zero-order valence-electron chi connectivity index (χ0n) is 7.61. The standard InChI is InChI=1S/C11H7FO2S/c12-11-9(2-1-3-10(11)14)7-4-8(5-13)15-6-7/h1-6,14H. The summed E-state index contributed by atoms with van der Waals surface area (Å²) in [5.74, 6) is -1.04. The first-order valence-electron chi connectivity index (χ1n) is 4.24. The smallest absolute Gasteiger partial charge is 0.172 e. The molecule has 0 amide bonds. The average molecular weight is 222 g/mol. The number of phenols is 1. The predicted octanol–water partition coefficient (Wildman–Crippen LogP) is 3.07. The van der Waals surface area contributed by atoms with Crippen molar-refractivity contribution in [3.05, 3.63) is 40.3 Å². The van der Waals surface area contributed by atoms with Gasteiger partial charge in [-0.2, -0.15) is 0 Å². The van der Waals surface area contributed by atoms with E-state index in [-0.39, 0.29) is 5.75 Å². The molecule has 0 radical (unpaired) electrons. The minimum absolute atomic E-state index is 0.305. The number of aromatic hydroxyl groups is 1. The van der Waals surface area contributed by atoms with E-state index in [9.17, 15) is 14.3 Å². The van der Waals surface area contributed by atoms with Gasteiger partial charge in [-0.1, -0.05) is 12.1 Å². The van der Waals surface area contributed by atoms with Crippen LogP contribution in [0.5, 0.6) is 5.75 Å². The van der Waals surface area contributed by atoms with E-state index in [4.69, 9.17) is 0 Å². The van der Waals surface area contributed by atoms with E-state index in [0.717, 1.165) is 6.29 Å². The van der Waals surface area contributed by atoms with Gasteiger partial charge in [-0.3, -0.25) is 4.79 Å². The van der Waals surface area contributed by atoms with Gasteiger partial charge in [-0.15, -0.1) is 11.3 Å². The van der Waals surface area contributed by atoms with E-state index >= 15 is 0 Å². The molecule has 2 aromatic rings. The number of aldehydes is 1. The van der Waals surface area contributed by atoms with Gasteiger partial charge >= 0.3 is 0 Å². The van der Waals surface area contributed by atoms with Gasteiger partial charge in [0.05, 0.1) is 4.88 Å². The Morgan fingerprint density at radius 2 is 2.20 bits per heavy atom. The van der Waals surface area contributed by atoms with Crippen LogP contribution in [0.15, 0.2) is 29.6 Å². The third-order valence-electron chi connectivity index (χ3n) is 2.03. The zero-order valence-corrected chi connectivity index (χ0v) is 8.42. The van der Waals surface area contributed by atoms with E-state index in [1.54, 1.807) is 23.6 Å². The van der Waals surface area contributed by atoms with Gasteiger partial charge < -0.3 is 5.11 Å². The van der Waals surface area contributed by atoms with Gasteiger partial charge in [-0.05, 0) is 23.1 Å². The van der Waals surface area contributed by atoms with Crippen LogP contribution in [0.2, 0.25) is 0 Å². The fourth-order valence-electron chi connectivity index (χ4n) is 1.30. The molecule has 0 saturated heterocycles. The third-order valence-corrected chi connectivity index (χ3v) is 2.88. The minimum Gasteiger partial charge on any atom is -0.505 e. The van der Waals surface area contributed by atoms with Crippen LogP contribution in [0, 0.1) is 5.82 Å². The molecule has 0 unspecified atom stereocenters. The lowest BCUT2D eigenvalue weighted by Gasteiger charge is -2.01. The summed E-state index contributed by atoms with van der Waals surface area (Å²) >= 11 is 1.24. The summed E-state index contributed by atoms with van der Waals surface area (Å²) in [6, 6.07) is 6.00. The van der Waals surface area contributed by atoms with Gasteiger partial charge in [0.1, 0.15) is 0 Å². The van der Waals surface area contributed by atoms with Crippen LogP contribution in [0.1, 0.15) is 9.67 Å². The maximum absolute atomic E-state index is 13.5. The molecule has 1 N–H and O–H groups in total. The number of thiophene rings is 1. The summed E-state index contributed by atoms with van der Waals surface area (Å²) in [7, 11) is 0. The molecule has 76 valence electrons. The molecule has 2 rings (SSSR count). The normalized spacial score (nSPS) is 10.2. The van der Waals surface area contributed by atoms with E-state index in [1.165, 1.54) is 17.4 Å². The summed E-state index contributed by atoms with van der Waals surface area (Å²) < 4.78 is 13.5. The van der Waals surface area contributed by atoms with Crippen molar-refractivity contribution in [2.24, 2.45) is 0 Å². The van der Waals surface area contributed by atoms with Crippen molar-refractivity contribution < 1.29 is 14.3 Å². The summed E-state index contributed by atoms with van der Waals surface area (Å²) in [5, 5.41) is 10.9. The van der Waals surface area contributed by atoms with Gasteiger partial charge in [0, 0.05) is 5.56 Å². The molecule has 2 nitrogen and oxygen atoms in total. The van der Waals surface area contributed by atoms with E-state index in [1.807, 2.05) is 0 Å². The highest BCUT2D eigenvalue weighted by Gasteiger charge is 2.10. The first-order chi connectivity index (χ1) is 7.22. The Balaban J connectivity index is 2.53. The quantitative estimate of drug-likeness (QED) is 0.793. The number of carbonyl (C=O) groups is 1. The fourth-order valence-corrected chi connectivity index (χ4v) is 2.01. The second kappa shape index (κ2) is 3.82. The molecule has 1 aromatic heterocycles. The topological polar surface area (TPSA) is 37.3 Å². The highest BCUT2D eigenvalue weighted by Crippen LogP contribution is 2.30. The molecule has 0 aliphatic carbocycles. The highest BCUT2D eigenvalue weighted by atomic mass is 32.1. The van der Waals surface area contributed by atoms with Crippen LogP contribution >= 0.6 is 11.3 Å². The van der Waals surface area contributed by atoms with Crippen molar-refractivity contribution in [2.45, 2.75) is 0 Å². The molecule has 0 bridgehead atoms. The summed E-state index contributed by atoms with van der Waals surface area (Å²) in [6.07, 6.45) is 0.717. The Hall–Kier alpha value is -1.68. The number of halogens is 1. The highest BCUT2D eigenvalue weighted by molar-refractivity contribution is 7.12. The minimum atomic E-state index is -0.659. The summed E-state index contributed by atoms with van der Waals surface area (Å²) in [4.78, 5) is 11.0. The first-order valence-corrected chi connectivity index (χ1v) is 5.12. The molecule has 0 fully saturated rings. The van der Waals surface area contributed by atoms with E-state index in [0.29, 0.717) is 16.0 Å². The molecule has 0 saturated carbocycles. The molecule has 0 aliphatic heterocycles. The van der Waals surface area contributed by atoms with Crippen LogP contribution in [-0.4, -0.2) is 11.4 Å². The molecule has 0 atom stereocenters. The molecule has 0 aliphatic rings. The van der Waals surface area contributed by atoms with Crippen molar-refractivity contribution in [3.63, 3.8) is 0 Å². The molecule has 15 heavy (non-hydrogen) atoms. The summed E-state index contributed by atoms with van der Waals surface area (Å²) in [6.45, 7) is 0. The SMILES string of the molecule is O=Cc1cc(-c2cccc(O)c2F)cs1. The second-order valence-electron chi connectivity index (χ2n) is 2.99. The van der Waals surface area contributed by atoms with Crippen LogP contribution in [-0.2, 0) is 0 Å². The van der Waals surface area contributed by atoms with Crippen molar-refractivity contribution in [3.8, 4) is 16.9 Å². The van der Waals surface area contributed by atoms with Crippen LogP contribution in [0.4, 0.5) is 4.39 Å². The number of carbonyl (C=O) groups excluding carboxylic acids is 1. The number of hydrogen-bond donors (Lipinski definition) is 1.